The number of piperidine rings is 1. The Hall–Kier alpha value is -1.24. The van der Waals surface area contributed by atoms with Crippen LogP contribution >= 0.6 is 23.2 Å². The van der Waals surface area contributed by atoms with Crippen molar-refractivity contribution in [1.82, 2.24) is 4.90 Å². The highest BCUT2D eigenvalue weighted by atomic mass is 35.5. The second-order valence-electron chi connectivity index (χ2n) is 5.68. The van der Waals surface area contributed by atoms with Crippen molar-refractivity contribution < 1.29 is 17.9 Å². The number of halogens is 2. The van der Waals surface area contributed by atoms with Gasteiger partial charge in [-0.05, 0) is 37.0 Å². The molecule has 0 saturated carbocycles. The Balaban J connectivity index is 1.81. The molecule has 0 spiro atoms. The van der Waals surface area contributed by atoms with Crippen molar-refractivity contribution in [2.24, 2.45) is 5.92 Å². The van der Waals surface area contributed by atoms with Crippen LogP contribution in [0, 0.1) is 5.92 Å². The number of carbonyl (C=O) groups is 1. The van der Waals surface area contributed by atoms with Gasteiger partial charge in [0.1, 0.15) is 5.75 Å². The van der Waals surface area contributed by atoms with Gasteiger partial charge in [-0.2, -0.15) is 0 Å². The molecule has 1 amide bonds. The molecule has 0 aliphatic carbocycles. The number of ether oxygens (including phenoxy) is 1. The van der Waals surface area contributed by atoms with Gasteiger partial charge in [0, 0.05) is 23.5 Å². The summed E-state index contributed by atoms with van der Waals surface area (Å²) in [5, 5.41) is 1.84. The van der Waals surface area contributed by atoms with E-state index >= 15 is 0 Å². The number of carbonyl (C=O) groups excluding carboxylic acids is 1. The largest absolute Gasteiger partial charge is 0.482 e. The van der Waals surface area contributed by atoms with Gasteiger partial charge in [-0.3, -0.25) is 4.79 Å². The van der Waals surface area contributed by atoms with E-state index in [1.54, 1.807) is 23.1 Å². The lowest BCUT2D eigenvalue weighted by Crippen LogP contribution is -2.42. The van der Waals surface area contributed by atoms with Gasteiger partial charge in [-0.15, -0.1) is 0 Å². The van der Waals surface area contributed by atoms with Crippen LogP contribution < -0.4 is 4.74 Å². The van der Waals surface area contributed by atoms with E-state index in [0.29, 0.717) is 41.7 Å². The van der Waals surface area contributed by atoms with Crippen molar-refractivity contribution in [2.45, 2.75) is 12.8 Å². The molecule has 8 heteroatoms. The molecule has 2 rings (SSSR count). The van der Waals surface area contributed by atoms with E-state index in [0.717, 1.165) is 5.41 Å². The van der Waals surface area contributed by atoms with Crippen molar-refractivity contribution in [1.29, 1.82) is 0 Å². The molecular weight excluding hydrogens is 373 g/mol. The number of nitrogens with zero attached hydrogens (tertiary/aromatic N) is 1. The second kappa shape index (κ2) is 8.23. The van der Waals surface area contributed by atoms with E-state index in [1.165, 1.54) is 0 Å². The van der Waals surface area contributed by atoms with Crippen molar-refractivity contribution >= 4 is 38.9 Å². The maximum atomic E-state index is 12.2. The molecule has 0 unspecified atom stereocenters. The highest BCUT2D eigenvalue weighted by Crippen LogP contribution is 2.27. The van der Waals surface area contributed by atoms with Crippen molar-refractivity contribution in [3.8, 4) is 5.75 Å². The van der Waals surface area contributed by atoms with Crippen LogP contribution in [0.5, 0.6) is 5.75 Å². The third-order valence-electron chi connectivity index (χ3n) is 3.93. The Morgan fingerprint density at radius 1 is 1.33 bits per heavy atom. The maximum Gasteiger partial charge on any atom is 0.260 e. The Morgan fingerprint density at radius 3 is 2.58 bits per heavy atom. The number of rotatable bonds is 6. The molecule has 132 valence electrons. The molecule has 1 aromatic carbocycles. The summed E-state index contributed by atoms with van der Waals surface area (Å²) in [6, 6.07) is 4.80. The smallest absolute Gasteiger partial charge is 0.260 e. The quantitative estimate of drug-likeness (QED) is 0.746. The van der Waals surface area contributed by atoms with Gasteiger partial charge in [-0.1, -0.05) is 29.8 Å². The third kappa shape index (κ3) is 5.40. The summed E-state index contributed by atoms with van der Waals surface area (Å²) in [6.45, 7) is 4.25. The Bertz CT molecular complexity index is 713. The van der Waals surface area contributed by atoms with Gasteiger partial charge in [-0.25, -0.2) is 8.42 Å². The number of benzene rings is 1. The first-order valence-electron chi connectivity index (χ1n) is 7.51. The molecular formula is C16H19Cl2NO4S. The number of hydrogen-bond donors (Lipinski definition) is 0. The minimum absolute atomic E-state index is 0.0590. The number of hydrogen-bond acceptors (Lipinski definition) is 4. The summed E-state index contributed by atoms with van der Waals surface area (Å²) in [5.74, 6) is 0.409. The van der Waals surface area contributed by atoms with Gasteiger partial charge in [0.2, 0.25) is 0 Å². The van der Waals surface area contributed by atoms with Crippen LogP contribution in [-0.2, 0) is 14.6 Å². The fourth-order valence-corrected chi connectivity index (χ4v) is 4.16. The molecule has 24 heavy (non-hydrogen) atoms. The molecule has 0 radical (unpaired) electrons. The Morgan fingerprint density at radius 2 is 2.00 bits per heavy atom. The Kier molecular flexibility index (Phi) is 6.54. The number of sulfone groups is 1. The lowest BCUT2D eigenvalue weighted by molar-refractivity contribution is -0.134. The first-order valence-corrected chi connectivity index (χ1v) is 9.98. The van der Waals surface area contributed by atoms with Crippen molar-refractivity contribution in [3.63, 3.8) is 0 Å². The summed E-state index contributed by atoms with van der Waals surface area (Å²) in [7, 11) is -3.20. The predicted octanol–water partition coefficient (Wildman–Crippen LogP) is 3.17. The van der Waals surface area contributed by atoms with E-state index in [2.05, 4.69) is 6.58 Å². The second-order valence-corrected chi connectivity index (χ2v) is 8.52. The van der Waals surface area contributed by atoms with E-state index in [9.17, 15) is 13.2 Å². The van der Waals surface area contributed by atoms with Crippen molar-refractivity contribution in [3.05, 3.63) is 40.2 Å². The summed E-state index contributed by atoms with van der Waals surface area (Å²) in [6.07, 6.45) is 1.31. The molecule has 0 atom stereocenters. The van der Waals surface area contributed by atoms with Gasteiger partial charge in [0.05, 0.1) is 10.8 Å². The normalized spacial score (nSPS) is 16.0. The van der Waals surface area contributed by atoms with Crippen LogP contribution in [0.15, 0.2) is 30.2 Å². The zero-order valence-electron chi connectivity index (χ0n) is 13.1. The third-order valence-corrected chi connectivity index (χ3v) is 5.91. The van der Waals surface area contributed by atoms with Crippen LogP contribution in [0.2, 0.25) is 10.0 Å². The summed E-state index contributed by atoms with van der Waals surface area (Å²) in [5.41, 5.74) is 0. The van der Waals surface area contributed by atoms with Crippen LogP contribution in [0.25, 0.3) is 0 Å². The van der Waals surface area contributed by atoms with Crippen LogP contribution in [0.1, 0.15) is 12.8 Å². The number of likely N-dealkylation sites (tertiary alicyclic amines) is 1. The standard InChI is InChI=1S/C16H19Cl2NO4S/c1-2-24(21,22)11-12-5-7-19(8-6-12)16(20)10-23-15-4-3-13(17)9-14(15)18/h2-4,9,12H,1,5-8,10-11H2. The zero-order valence-corrected chi connectivity index (χ0v) is 15.4. The lowest BCUT2D eigenvalue weighted by Gasteiger charge is -2.31. The van der Waals surface area contributed by atoms with Crippen LogP contribution in [-0.4, -0.2) is 44.7 Å². The molecule has 1 fully saturated rings. The van der Waals surface area contributed by atoms with Gasteiger partial charge >= 0.3 is 0 Å². The molecule has 0 N–H and O–H groups in total. The molecule has 0 bridgehead atoms. The van der Waals surface area contributed by atoms with Gasteiger partial charge in [0.15, 0.2) is 16.4 Å². The minimum Gasteiger partial charge on any atom is -0.482 e. The summed E-state index contributed by atoms with van der Waals surface area (Å²) in [4.78, 5) is 13.9. The van der Waals surface area contributed by atoms with Gasteiger partial charge in [0.25, 0.3) is 5.91 Å². The fraction of sp³-hybridized carbons (Fsp3) is 0.438. The molecule has 1 aromatic rings. The predicted molar refractivity (Wildman–Crippen MR) is 95.2 cm³/mol. The first-order chi connectivity index (χ1) is 11.3. The minimum atomic E-state index is -3.20. The Labute approximate surface area is 152 Å². The molecule has 1 aliphatic rings. The van der Waals surface area contributed by atoms with Crippen LogP contribution in [0.4, 0.5) is 0 Å². The summed E-state index contributed by atoms with van der Waals surface area (Å²) < 4.78 is 28.6. The van der Waals surface area contributed by atoms with Crippen molar-refractivity contribution in [2.75, 3.05) is 25.4 Å². The topological polar surface area (TPSA) is 63.7 Å². The lowest BCUT2D eigenvalue weighted by atomic mass is 9.99. The zero-order chi connectivity index (χ0) is 17.7. The maximum absolute atomic E-state index is 12.2. The SMILES string of the molecule is C=CS(=O)(=O)CC1CCN(C(=O)COc2ccc(Cl)cc2Cl)CC1. The number of amides is 1. The van der Waals surface area contributed by atoms with E-state index in [4.69, 9.17) is 27.9 Å². The molecule has 1 aliphatic heterocycles. The highest BCUT2D eigenvalue weighted by Gasteiger charge is 2.25. The highest BCUT2D eigenvalue weighted by molar-refractivity contribution is 7.94. The first kappa shape index (κ1) is 19.1. The molecule has 0 aromatic heterocycles. The average molecular weight is 392 g/mol. The molecule has 5 nitrogen and oxygen atoms in total. The molecule has 1 heterocycles. The van der Waals surface area contributed by atoms with E-state index < -0.39 is 9.84 Å². The monoisotopic (exact) mass is 391 g/mol. The fourth-order valence-electron chi connectivity index (χ4n) is 2.57. The summed E-state index contributed by atoms with van der Waals surface area (Å²) >= 11 is 11.8. The molecule has 1 saturated heterocycles. The van der Waals surface area contributed by atoms with E-state index in [-0.39, 0.29) is 24.2 Å². The van der Waals surface area contributed by atoms with Crippen LogP contribution in [0.3, 0.4) is 0 Å². The van der Waals surface area contributed by atoms with Gasteiger partial charge < -0.3 is 9.64 Å². The average Bonchev–Trinajstić information content (AvgIpc) is 2.54. The van der Waals surface area contributed by atoms with E-state index in [1.807, 2.05) is 0 Å².